The van der Waals surface area contributed by atoms with E-state index in [1.54, 1.807) is 19.1 Å². The zero-order chi connectivity index (χ0) is 34.2. The second-order valence-electron chi connectivity index (χ2n) is 12.2. The fraction of sp³-hybridized carbons (Fsp3) is 0.238. The minimum Gasteiger partial charge on any atom is -0.507 e. The van der Waals surface area contributed by atoms with E-state index in [1.165, 1.54) is 11.6 Å². The van der Waals surface area contributed by atoms with Gasteiger partial charge in [-0.3, -0.25) is 0 Å². The van der Waals surface area contributed by atoms with Gasteiger partial charge in [-0.25, -0.2) is 19.7 Å². The number of benzene rings is 4. The standard InChI is InChI=1S/C42H41N3O4/c1-4-29(5-2)27-48-42(47)28(3)49-36-24-25-37(38(46)26-36)41-44-39(34-20-16-32(17-21-34)30-12-8-6-9-13-30)43-40(45-41)35-22-18-33(19-23-35)31-14-10-7-11-15-31/h6,8-10,12-26,28-29,46H,4-5,7,11,27H2,1-3H3. The average Bonchev–Trinajstić information content (AvgIpc) is 3.16. The quantitative estimate of drug-likeness (QED) is 0.134. The predicted octanol–water partition coefficient (Wildman–Crippen LogP) is 9.73. The largest absolute Gasteiger partial charge is 0.507 e. The maximum Gasteiger partial charge on any atom is 0.347 e. The molecule has 7 nitrogen and oxygen atoms in total. The molecule has 5 aromatic rings. The van der Waals surface area contributed by atoms with Crippen LogP contribution in [0.1, 0.15) is 52.0 Å². The molecule has 0 fully saturated rings. The molecule has 7 heteroatoms. The number of rotatable bonds is 12. The summed E-state index contributed by atoms with van der Waals surface area (Å²) >= 11 is 0. The van der Waals surface area contributed by atoms with E-state index in [1.807, 2.05) is 42.5 Å². The summed E-state index contributed by atoms with van der Waals surface area (Å²) in [7, 11) is 0. The summed E-state index contributed by atoms with van der Waals surface area (Å²) in [6, 6.07) is 31.3. The monoisotopic (exact) mass is 651 g/mol. The lowest BCUT2D eigenvalue weighted by Gasteiger charge is -2.17. The molecule has 248 valence electrons. The highest BCUT2D eigenvalue weighted by Gasteiger charge is 2.20. The van der Waals surface area contributed by atoms with Gasteiger partial charge in [0, 0.05) is 17.2 Å². The fourth-order valence-corrected chi connectivity index (χ4v) is 5.70. The lowest BCUT2D eigenvalue weighted by Crippen LogP contribution is -2.27. The Morgan fingerprint density at radius 3 is 1.92 bits per heavy atom. The number of aromatic nitrogens is 3. The summed E-state index contributed by atoms with van der Waals surface area (Å²) in [5, 5.41) is 11.2. The molecule has 0 aliphatic heterocycles. The lowest BCUT2D eigenvalue weighted by molar-refractivity contribution is -0.152. The first kappa shape index (κ1) is 33.3. The summed E-state index contributed by atoms with van der Waals surface area (Å²) in [6.07, 6.45) is 9.74. The Morgan fingerprint density at radius 2 is 1.33 bits per heavy atom. The van der Waals surface area contributed by atoms with Gasteiger partial charge in [0.05, 0.1) is 12.2 Å². The number of nitrogens with zero attached hydrogens (tertiary/aromatic N) is 3. The van der Waals surface area contributed by atoms with Crippen molar-refractivity contribution in [1.82, 2.24) is 15.0 Å². The topological polar surface area (TPSA) is 94.4 Å². The van der Waals surface area contributed by atoms with E-state index in [2.05, 4.69) is 68.5 Å². The number of hydrogen-bond acceptors (Lipinski definition) is 7. The number of aromatic hydroxyl groups is 1. The summed E-state index contributed by atoms with van der Waals surface area (Å²) in [5.41, 5.74) is 6.60. The molecule has 4 aromatic carbocycles. The van der Waals surface area contributed by atoms with Crippen LogP contribution in [0.25, 0.3) is 50.9 Å². The van der Waals surface area contributed by atoms with E-state index in [9.17, 15) is 9.90 Å². The number of hydrogen-bond donors (Lipinski definition) is 1. The van der Waals surface area contributed by atoms with Gasteiger partial charge in [0.2, 0.25) is 0 Å². The Labute approximate surface area is 288 Å². The molecular weight excluding hydrogens is 610 g/mol. The Bertz CT molecular complexity index is 1950. The van der Waals surface area contributed by atoms with Gasteiger partial charge in [-0.05, 0) is 60.1 Å². The van der Waals surface area contributed by atoms with Crippen molar-refractivity contribution in [2.75, 3.05) is 6.61 Å². The van der Waals surface area contributed by atoms with Crippen LogP contribution >= 0.6 is 0 Å². The molecule has 1 aromatic heterocycles. The van der Waals surface area contributed by atoms with Crippen molar-refractivity contribution in [3.8, 4) is 56.8 Å². The van der Waals surface area contributed by atoms with E-state index < -0.39 is 12.1 Å². The van der Waals surface area contributed by atoms with E-state index in [0.717, 1.165) is 53.5 Å². The number of carbonyl (C=O) groups excluding carboxylic acids is 1. The lowest BCUT2D eigenvalue weighted by atomic mass is 9.98. The van der Waals surface area contributed by atoms with Gasteiger partial charge < -0.3 is 14.6 Å². The third kappa shape index (κ3) is 8.12. The highest BCUT2D eigenvalue weighted by atomic mass is 16.6. The zero-order valence-corrected chi connectivity index (χ0v) is 28.2. The average molecular weight is 652 g/mol. The van der Waals surface area contributed by atoms with Crippen molar-refractivity contribution < 1.29 is 19.4 Å². The van der Waals surface area contributed by atoms with Crippen LogP contribution in [0.15, 0.2) is 115 Å². The molecule has 1 N–H and O–H groups in total. The van der Waals surface area contributed by atoms with Crippen molar-refractivity contribution in [2.45, 2.75) is 52.6 Å². The summed E-state index contributed by atoms with van der Waals surface area (Å²) in [6.45, 7) is 6.16. The van der Waals surface area contributed by atoms with Gasteiger partial charge in [-0.15, -0.1) is 0 Å². The predicted molar refractivity (Wildman–Crippen MR) is 195 cm³/mol. The Balaban J connectivity index is 1.31. The fourth-order valence-electron chi connectivity index (χ4n) is 5.70. The minimum atomic E-state index is -0.836. The van der Waals surface area contributed by atoms with Crippen LogP contribution in [0.2, 0.25) is 0 Å². The first-order chi connectivity index (χ1) is 23.9. The Hall–Kier alpha value is -5.56. The van der Waals surface area contributed by atoms with Crippen LogP contribution in [0.5, 0.6) is 11.5 Å². The number of esters is 1. The first-order valence-corrected chi connectivity index (χ1v) is 17.0. The summed E-state index contributed by atoms with van der Waals surface area (Å²) < 4.78 is 11.3. The zero-order valence-electron chi connectivity index (χ0n) is 28.2. The van der Waals surface area contributed by atoms with E-state index in [-0.39, 0.29) is 5.75 Å². The molecule has 0 saturated carbocycles. The van der Waals surface area contributed by atoms with Crippen LogP contribution in [0.3, 0.4) is 0 Å². The number of allylic oxidation sites excluding steroid dienone is 4. The van der Waals surface area contributed by atoms with Gasteiger partial charge in [-0.1, -0.05) is 124 Å². The Morgan fingerprint density at radius 1 is 0.735 bits per heavy atom. The first-order valence-electron chi connectivity index (χ1n) is 17.0. The molecule has 1 atom stereocenters. The number of phenols is 1. The molecule has 1 aliphatic rings. The minimum absolute atomic E-state index is 0.0796. The van der Waals surface area contributed by atoms with Gasteiger partial charge in [0.1, 0.15) is 11.5 Å². The number of phenolic OH excluding ortho intramolecular Hbond substituents is 1. The maximum absolute atomic E-state index is 12.6. The van der Waals surface area contributed by atoms with Crippen molar-refractivity contribution in [1.29, 1.82) is 0 Å². The normalized spacial score (nSPS) is 13.2. The molecule has 0 bridgehead atoms. The van der Waals surface area contributed by atoms with E-state index >= 15 is 0 Å². The number of carbonyl (C=O) groups is 1. The molecule has 49 heavy (non-hydrogen) atoms. The third-order valence-electron chi connectivity index (χ3n) is 8.83. The third-order valence-corrected chi connectivity index (χ3v) is 8.83. The molecule has 1 unspecified atom stereocenters. The van der Waals surface area contributed by atoms with Crippen molar-refractivity contribution in [3.63, 3.8) is 0 Å². The molecule has 0 spiro atoms. The molecular formula is C42H41N3O4. The molecule has 1 aliphatic carbocycles. The second-order valence-corrected chi connectivity index (χ2v) is 12.2. The van der Waals surface area contributed by atoms with Gasteiger partial charge in [0.25, 0.3) is 0 Å². The van der Waals surface area contributed by atoms with Crippen LogP contribution < -0.4 is 4.74 Å². The van der Waals surface area contributed by atoms with Gasteiger partial charge in [-0.2, -0.15) is 0 Å². The van der Waals surface area contributed by atoms with E-state index in [4.69, 9.17) is 24.4 Å². The van der Waals surface area contributed by atoms with Gasteiger partial charge >= 0.3 is 5.97 Å². The van der Waals surface area contributed by atoms with Crippen molar-refractivity contribution >= 4 is 11.5 Å². The van der Waals surface area contributed by atoms with Gasteiger partial charge in [0.15, 0.2) is 23.6 Å². The van der Waals surface area contributed by atoms with Crippen LogP contribution in [0, 0.1) is 5.92 Å². The highest BCUT2D eigenvalue weighted by Crippen LogP contribution is 2.34. The molecule has 0 amide bonds. The molecule has 1 heterocycles. The van der Waals surface area contributed by atoms with E-state index in [0.29, 0.717) is 41.3 Å². The summed E-state index contributed by atoms with van der Waals surface area (Å²) in [5.74, 6) is 1.42. The highest BCUT2D eigenvalue weighted by molar-refractivity contribution is 5.77. The SMILES string of the molecule is CCC(CC)COC(=O)C(C)Oc1ccc(-c2nc(-c3ccc(C4=CCCC=C4)cc3)nc(-c3ccc(-c4ccccc4)cc3)n2)c(O)c1. The number of ether oxygens (including phenoxy) is 2. The maximum atomic E-state index is 12.6. The summed E-state index contributed by atoms with van der Waals surface area (Å²) in [4.78, 5) is 27.1. The van der Waals surface area contributed by atoms with Crippen molar-refractivity contribution in [3.05, 3.63) is 121 Å². The van der Waals surface area contributed by atoms with Crippen LogP contribution in [0.4, 0.5) is 0 Å². The molecule has 0 radical (unpaired) electrons. The van der Waals surface area contributed by atoms with Crippen LogP contribution in [-0.4, -0.2) is 38.7 Å². The van der Waals surface area contributed by atoms with Crippen LogP contribution in [-0.2, 0) is 9.53 Å². The second kappa shape index (κ2) is 15.6. The molecule has 6 rings (SSSR count). The molecule has 0 saturated heterocycles. The van der Waals surface area contributed by atoms with Crippen molar-refractivity contribution in [2.24, 2.45) is 5.92 Å². The smallest absolute Gasteiger partial charge is 0.347 e. The Kier molecular flexibility index (Phi) is 10.6.